The SMILES string of the molecule is COC(=O)C1=Nc2c(N)cc(CCCCCC#N)cc2CC1. The Morgan fingerprint density at radius 1 is 1.36 bits per heavy atom. The Labute approximate surface area is 130 Å². The van der Waals surface area contributed by atoms with Crippen LogP contribution in [0.15, 0.2) is 17.1 Å². The predicted octanol–water partition coefficient (Wildman–Crippen LogP) is 3.09. The maximum Gasteiger partial charge on any atom is 0.352 e. The molecule has 0 aromatic heterocycles. The average Bonchev–Trinajstić information content (AvgIpc) is 2.53. The molecule has 0 saturated carbocycles. The van der Waals surface area contributed by atoms with E-state index in [0.717, 1.165) is 37.7 Å². The number of hydrogen-bond donors (Lipinski definition) is 1. The van der Waals surface area contributed by atoms with Gasteiger partial charge in [-0.05, 0) is 42.9 Å². The van der Waals surface area contributed by atoms with Crippen LogP contribution in [0.2, 0.25) is 0 Å². The number of nitrogen functional groups attached to an aromatic ring is 1. The number of aryl methyl sites for hydroxylation is 2. The Kier molecular flexibility index (Phi) is 5.54. The number of hydrogen-bond acceptors (Lipinski definition) is 5. The zero-order valence-corrected chi connectivity index (χ0v) is 12.9. The molecule has 1 aliphatic rings. The van der Waals surface area contributed by atoms with E-state index in [-0.39, 0.29) is 5.97 Å². The molecule has 0 unspecified atom stereocenters. The van der Waals surface area contributed by atoms with Gasteiger partial charge in [0.1, 0.15) is 5.71 Å². The first-order valence-electron chi connectivity index (χ1n) is 7.59. The van der Waals surface area contributed by atoms with Crippen molar-refractivity contribution in [1.29, 1.82) is 5.26 Å². The van der Waals surface area contributed by atoms with Crippen molar-refractivity contribution in [2.45, 2.75) is 44.9 Å². The number of methoxy groups -OCH3 is 1. The van der Waals surface area contributed by atoms with Gasteiger partial charge in [-0.2, -0.15) is 5.26 Å². The third-order valence-corrected chi connectivity index (χ3v) is 3.83. The summed E-state index contributed by atoms with van der Waals surface area (Å²) in [6.07, 6.45) is 5.98. The van der Waals surface area contributed by atoms with Gasteiger partial charge in [-0.3, -0.25) is 0 Å². The second-order valence-corrected chi connectivity index (χ2v) is 5.46. The Morgan fingerprint density at radius 3 is 2.91 bits per heavy atom. The van der Waals surface area contributed by atoms with Crippen molar-refractivity contribution in [3.63, 3.8) is 0 Å². The lowest BCUT2D eigenvalue weighted by Crippen LogP contribution is -2.19. The van der Waals surface area contributed by atoms with Gasteiger partial charge in [0, 0.05) is 12.8 Å². The highest BCUT2D eigenvalue weighted by atomic mass is 16.5. The van der Waals surface area contributed by atoms with Crippen LogP contribution < -0.4 is 5.73 Å². The summed E-state index contributed by atoms with van der Waals surface area (Å²) in [5, 5.41) is 8.52. The summed E-state index contributed by atoms with van der Waals surface area (Å²) < 4.78 is 4.72. The van der Waals surface area contributed by atoms with E-state index in [4.69, 9.17) is 15.7 Å². The second kappa shape index (κ2) is 7.60. The van der Waals surface area contributed by atoms with Crippen LogP contribution in [-0.4, -0.2) is 18.8 Å². The summed E-state index contributed by atoms with van der Waals surface area (Å²) >= 11 is 0. The number of nitrogens with zero attached hydrogens (tertiary/aromatic N) is 2. The zero-order valence-electron chi connectivity index (χ0n) is 12.9. The van der Waals surface area contributed by atoms with E-state index in [0.29, 0.717) is 29.9 Å². The van der Waals surface area contributed by atoms with Gasteiger partial charge in [-0.15, -0.1) is 0 Å². The monoisotopic (exact) mass is 299 g/mol. The third kappa shape index (κ3) is 3.85. The molecule has 1 heterocycles. The van der Waals surface area contributed by atoms with Crippen LogP contribution in [0.5, 0.6) is 0 Å². The fourth-order valence-electron chi connectivity index (χ4n) is 2.68. The van der Waals surface area contributed by atoms with Crippen LogP contribution in [-0.2, 0) is 22.4 Å². The van der Waals surface area contributed by atoms with E-state index in [1.165, 1.54) is 12.7 Å². The van der Waals surface area contributed by atoms with E-state index in [2.05, 4.69) is 17.1 Å². The van der Waals surface area contributed by atoms with Crippen LogP contribution in [0, 0.1) is 11.3 Å². The lowest BCUT2D eigenvalue weighted by Gasteiger charge is -2.17. The van der Waals surface area contributed by atoms with E-state index in [9.17, 15) is 4.79 Å². The van der Waals surface area contributed by atoms with Gasteiger partial charge in [-0.1, -0.05) is 12.5 Å². The van der Waals surface area contributed by atoms with E-state index in [1.807, 2.05) is 6.07 Å². The molecule has 0 bridgehead atoms. The van der Waals surface area contributed by atoms with Crippen molar-refractivity contribution >= 4 is 23.1 Å². The lowest BCUT2D eigenvalue weighted by molar-refractivity contribution is -0.132. The first kappa shape index (κ1) is 16.0. The van der Waals surface area contributed by atoms with Gasteiger partial charge in [0.05, 0.1) is 24.6 Å². The molecule has 1 aliphatic heterocycles. The molecule has 0 atom stereocenters. The van der Waals surface area contributed by atoms with Crippen molar-refractivity contribution in [2.75, 3.05) is 12.8 Å². The van der Waals surface area contributed by atoms with E-state index < -0.39 is 0 Å². The van der Waals surface area contributed by atoms with Crippen LogP contribution in [0.25, 0.3) is 0 Å². The standard InChI is InChI=1S/C17H21N3O2/c1-22-17(21)15-8-7-13-10-12(6-4-2-3-5-9-18)11-14(19)16(13)20-15/h10-11H,2-8,19H2,1H3. The Bertz CT molecular complexity index is 630. The molecular weight excluding hydrogens is 278 g/mol. The number of ether oxygens (including phenoxy) is 1. The molecule has 0 radical (unpaired) electrons. The lowest BCUT2D eigenvalue weighted by atomic mass is 9.96. The van der Waals surface area contributed by atoms with Crippen molar-refractivity contribution in [3.05, 3.63) is 23.3 Å². The average molecular weight is 299 g/mol. The summed E-state index contributed by atoms with van der Waals surface area (Å²) in [6.45, 7) is 0. The Balaban J connectivity index is 2.07. The van der Waals surface area contributed by atoms with Gasteiger partial charge in [-0.25, -0.2) is 9.79 Å². The molecule has 0 aliphatic carbocycles. The smallest absolute Gasteiger partial charge is 0.352 e. The van der Waals surface area contributed by atoms with E-state index >= 15 is 0 Å². The molecular formula is C17H21N3O2. The molecule has 1 aromatic rings. The minimum atomic E-state index is -0.383. The second-order valence-electron chi connectivity index (χ2n) is 5.46. The molecule has 0 spiro atoms. The number of fused-ring (bicyclic) bond motifs is 1. The zero-order chi connectivity index (χ0) is 15.9. The quantitative estimate of drug-likeness (QED) is 0.496. The maximum absolute atomic E-state index is 11.6. The van der Waals surface area contributed by atoms with Crippen molar-refractivity contribution < 1.29 is 9.53 Å². The summed E-state index contributed by atoms with van der Waals surface area (Å²) in [5.41, 5.74) is 10.2. The number of unbranched alkanes of at least 4 members (excludes halogenated alkanes) is 3. The van der Waals surface area contributed by atoms with Crippen molar-refractivity contribution in [1.82, 2.24) is 0 Å². The summed E-state index contributed by atoms with van der Waals surface area (Å²) in [7, 11) is 1.36. The number of esters is 1. The Hall–Kier alpha value is -2.35. The fraction of sp³-hybridized carbons (Fsp3) is 0.471. The number of nitrogens with two attached hydrogens (primary N) is 1. The number of carbonyl (C=O) groups excluding carboxylic acids is 1. The van der Waals surface area contributed by atoms with Gasteiger partial charge in [0.25, 0.3) is 0 Å². The maximum atomic E-state index is 11.6. The van der Waals surface area contributed by atoms with Gasteiger partial charge < -0.3 is 10.5 Å². The van der Waals surface area contributed by atoms with Crippen LogP contribution in [0.3, 0.4) is 0 Å². The highest BCUT2D eigenvalue weighted by Crippen LogP contribution is 2.33. The summed E-state index contributed by atoms with van der Waals surface area (Å²) in [4.78, 5) is 15.9. The van der Waals surface area contributed by atoms with Gasteiger partial charge in [0.2, 0.25) is 0 Å². The largest absolute Gasteiger partial charge is 0.465 e. The molecule has 5 nitrogen and oxygen atoms in total. The highest BCUT2D eigenvalue weighted by Gasteiger charge is 2.20. The highest BCUT2D eigenvalue weighted by molar-refractivity contribution is 6.37. The van der Waals surface area contributed by atoms with Gasteiger partial charge >= 0.3 is 5.97 Å². The molecule has 0 saturated heterocycles. The van der Waals surface area contributed by atoms with Crippen LogP contribution in [0.1, 0.15) is 43.2 Å². The number of rotatable bonds is 6. The molecule has 0 fully saturated rings. The van der Waals surface area contributed by atoms with Crippen molar-refractivity contribution in [2.24, 2.45) is 4.99 Å². The van der Waals surface area contributed by atoms with Crippen molar-refractivity contribution in [3.8, 4) is 6.07 Å². The third-order valence-electron chi connectivity index (χ3n) is 3.83. The topological polar surface area (TPSA) is 88.5 Å². The van der Waals surface area contributed by atoms with E-state index in [1.54, 1.807) is 0 Å². The molecule has 0 amide bonds. The molecule has 22 heavy (non-hydrogen) atoms. The number of benzene rings is 1. The molecule has 5 heteroatoms. The van der Waals surface area contributed by atoms with Crippen LogP contribution in [0.4, 0.5) is 11.4 Å². The molecule has 116 valence electrons. The van der Waals surface area contributed by atoms with Crippen LogP contribution >= 0.6 is 0 Å². The number of aliphatic imine (C=N–C) groups is 1. The Morgan fingerprint density at radius 2 is 2.18 bits per heavy atom. The normalized spacial score (nSPS) is 13.0. The number of nitriles is 1. The number of anilines is 1. The number of carbonyl (C=O) groups is 1. The molecule has 2 N–H and O–H groups in total. The first-order chi connectivity index (χ1) is 10.7. The van der Waals surface area contributed by atoms with Gasteiger partial charge in [0.15, 0.2) is 0 Å². The fourth-order valence-corrected chi connectivity index (χ4v) is 2.68. The molecule has 1 aromatic carbocycles. The summed E-state index contributed by atoms with van der Waals surface area (Å²) in [6, 6.07) is 6.23. The minimum absolute atomic E-state index is 0.383. The minimum Gasteiger partial charge on any atom is -0.465 e. The summed E-state index contributed by atoms with van der Waals surface area (Å²) in [5.74, 6) is -0.383. The predicted molar refractivity (Wildman–Crippen MR) is 86.1 cm³/mol. The molecule has 2 rings (SSSR count). The first-order valence-corrected chi connectivity index (χ1v) is 7.59.